The number of morpholine rings is 1. The minimum Gasteiger partial charge on any atom is -0.368 e. The van der Waals surface area contributed by atoms with Gasteiger partial charge < -0.3 is 14.5 Å². The Morgan fingerprint density at radius 2 is 2.12 bits per heavy atom. The van der Waals surface area contributed by atoms with Crippen LogP contribution < -0.4 is 4.90 Å². The average Bonchev–Trinajstić information content (AvgIpc) is 2.86. The number of aromatic nitrogens is 4. The van der Waals surface area contributed by atoms with Crippen LogP contribution in [0.1, 0.15) is 33.5 Å². The molecule has 0 spiro atoms. The topological polar surface area (TPSA) is 76.4 Å². The summed E-state index contributed by atoms with van der Waals surface area (Å²) >= 11 is 0. The second kappa shape index (κ2) is 6.79. The van der Waals surface area contributed by atoms with E-state index in [0.29, 0.717) is 31.2 Å². The summed E-state index contributed by atoms with van der Waals surface area (Å²) in [5, 5.41) is 4.35. The molecule has 0 unspecified atom stereocenters. The molecule has 25 heavy (non-hydrogen) atoms. The lowest BCUT2D eigenvalue weighted by atomic mass is 10.1. The number of amides is 1. The number of aryl methyl sites for hydroxylation is 2. The molecule has 1 saturated heterocycles. The summed E-state index contributed by atoms with van der Waals surface area (Å²) in [5.41, 5.74) is 3.10. The summed E-state index contributed by atoms with van der Waals surface area (Å²) in [6, 6.07) is 1.84. The molecule has 0 N–H and O–H groups in total. The van der Waals surface area contributed by atoms with Gasteiger partial charge in [-0.05, 0) is 19.9 Å². The smallest absolute Gasteiger partial charge is 0.257 e. The van der Waals surface area contributed by atoms with Crippen LogP contribution in [0.2, 0.25) is 0 Å². The molecule has 0 aliphatic carbocycles. The van der Waals surface area contributed by atoms with Crippen LogP contribution in [0.4, 0.5) is 5.95 Å². The number of carbonyl (C=O) groups excluding carboxylic acids is 1. The van der Waals surface area contributed by atoms with Crippen LogP contribution in [0.5, 0.6) is 0 Å². The van der Waals surface area contributed by atoms with Crippen LogP contribution in [0.15, 0.2) is 12.3 Å². The van der Waals surface area contributed by atoms with E-state index in [1.807, 2.05) is 50.9 Å². The molecule has 3 heterocycles. The third-order valence-corrected chi connectivity index (χ3v) is 4.47. The SMILES string of the molecule is Cc1nn(C)c(C)c1C(=O)N1CCO[C@H](c2ccnc(N(C)C)n2)C1. The van der Waals surface area contributed by atoms with E-state index in [-0.39, 0.29) is 12.0 Å². The maximum atomic E-state index is 13.0. The van der Waals surface area contributed by atoms with Crippen molar-refractivity contribution in [3.05, 3.63) is 34.9 Å². The highest BCUT2D eigenvalue weighted by atomic mass is 16.5. The zero-order chi connectivity index (χ0) is 18.1. The van der Waals surface area contributed by atoms with Crippen molar-refractivity contribution in [3.63, 3.8) is 0 Å². The Hall–Kier alpha value is -2.48. The fourth-order valence-electron chi connectivity index (χ4n) is 3.01. The van der Waals surface area contributed by atoms with Crippen molar-refractivity contribution in [1.29, 1.82) is 0 Å². The van der Waals surface area contributed by atoms with Gasteiger partial charge in [0.25, 0.3) is 5.91 Å². The summed E-state index contributed by atoms with van der Waals surface area (Å²) in [6.07, 6.45) is 1.47. The molecular weight excluding hydrogens is 320 g/mol. The zero-order valence-electron chi connectivity index (χ0n) is 15.4. The van der Waals surface area contributed by atoms with E-state index < -0.39 is 0 Å². The van der Waals surface area contributed by atoms with Crippen molar-refractivity contribution >= 4 is 11.9 Å². The van der Waals surface area contributed by atoms with Crippen molar-refractivity contribution in [2.75, 3.05) is 38.7 Å². The van der Waals surface area contributed by atoms with Crippen LogP contribution in [-0.2, 0) is 11.8 Å². The molecule has 0 radical (unpaired) electrons. The summed E-state index contributed by atoms with van der Waals surface area (Å²) in [5.74, 6) is 0.627. The van der Waals surface area contributed by atoms with E-state index >= 15 is 0 Å². The fraction of sp³-hybridized carbons (Fsp3) is 0.529. The highest BCUT2D eigenvalue weighted by molar-refractivity contribution is 5.96. The first-order valence-corrected chi connectivity index (χ1v) is 8.29. The predicted molar refractivity (Wildman–Crippen MR) is 93.6 cm³/mol. The lowest BCUT2D eigenvalue weighted by Gasteiger charge is -2.33. The van der Waals surface area contributed by atoms with Gasteiger partial charge in [0.2, 0.25) is 5.95 Å². The molecule has 1 amide bonds. The molecule has 0 saturated carbocycles. The van der Waals surface area contributed by atoms with Gasteiger partial charge in [0.1, 0.15) is 6.10 Å². The van der Waals surface area contributed by atoms with Crippen molar-refractivity contribution in [1.82, 2.24) is 24.6 Å². The van der Waals surface area contributed by atoms with Gasteiger partial charge in [0, 0.05) is 39.6 Å². The Morgan fingerprint density at radius 3 is 2.76 bits per heavy atom. The summed E-state index contributed by atoms with van der Waals surface area (Å²) in [7, 11) is 5.64. The molecule has 2 aromatic rings. The lowest BCUT2D eigenvalue weighted by molar-refractivity contribution is -0.0247. The third kappa shape index (κ3) is 3.34. The molecule has 1 aliphatic heterocycles. The molecule has 1 atom stereocenters. The minimum absolute atomic E-state index is 0.00158. The van der Waals surface area contributed by atoms with Crippen LogP contribution >= 0.6 is 0 Å². The van der Waals surface area contributed by atoms with E-state index in [9.17, 15) is 4.79 Å². The highest BCUT2D eigenvalue weighted by Gasteiger charge is 2.30. The standard InChI is InChI=1S/C17H24N6O2/c1-11-15(12(2)22(5)20-11)16(24)23-8-9-25-14(10-23)13-6-7-18-17(19-13)21(3)4/h6-7,14H,8-10H2,1-5H3/t14-/m0/s1. The van der Waals surface area contributed by atoms with E-state index in [0.717, 1.165) is 17.1 Å². The van der Waals surface area contributed by atoms with E-state index in [1.54, 1.807) is 10.9 Å². The molecule has 1 fully saturated rings. The van der Waals surface area contributed by atoms with Gasteiger partial charge in [-0.2, -0.15) is 5.10 Å². The van der Waals surface area contributed by atoms with E-state index in [1.165, 1.54) is 0 Å². The van der Waals surface area contributed by atoms with Crippen molar-refractivity contribution in [3.8, 4) is 0 Å². The van der Waals surface area contributed by atoms with Gasteiger partial charge in [-0.1, -0.05) is 0 Å². The first-order valence-electron chi connectivity index (χ1n) is 8.29. The average molecular weight is 344 g/mol. The number of ether oxygens (including phenoxy) is 1. The number of hydrogen-bond acceptors (Lipinski definition) is 6. The Balaban J connectivity index is 1.81. The molecule has 8 heteroatoms. The van der Waals surface area contributed by atoms with Crippen molar-refractivity contribution in [2.24, 2.45) is 7.05 Å². The third-order valence-electron chi connectivity index (χ3n) is 4.47. The van der Waals surface area contributed by atoms with Gasteiger partial charge >= 0.3 is 0 Å². The largest absolute Gasteiger partial charge is 0.368 e. The monoisotopic (exact) mass is 344 g/mol. The van der Waals surface area contributed by atoms with Crippen LogP contribution in [0, 0.1) is 13.8 Å². The maximum Gasteiger partial charge on any atom is 0.257 e. The number of rotatable bonds is 3. The van der Waals surface area contributed by atoms with Gasteiger partial charge in [-0.15, -0.1) is 0 Å². The van der Waals surface area contributed by atoms with Crippen LogP contribution in [-0.4, -0.2) is 64.3 Å². The maximum absolute atomic E-state index is 13.0. The van der Waals surface area contributed by atoms with Gasteiger partial charge in [0.05, 0.1) is 30.1 Å². The van der Waals surface area contributed by atoms with Gasteiger partial charge in [-0.3, -0.25) is 9.48 Å². The van der Waals surface area contributed by atoms with Gasteiger partial charge in [0.15, 0.2) is 0 Å². The minimum atomic E-state index is -0.253. The molecule has 0 aromatic carbocycles. The first-order chi connectivity index (χ1) is 11.9. The zero-order valence-corrected chi connectivity index (χ0v) is 15.4. The summed E-state index contributed by atoms with van der Waals surface area (Å²) in [4.78, 5) is 25.4. The first kappa shape index (κ1) is 17.3. The lowest BCUT2D eigenvalue weighted by Crippen LogP contribution is -2.42. The summed E-state index contributed by atoms with van der Waals surface area (Å²) in [6.45, 7) is 5.30. The van der Waals surface area contributed by atoms with Crippen LogP contribution in [0.3, 0.4) is 0 Å². The van der Waals surface area contributed by atoms with E-state index in [4.69, 9.17) is 4.74 Å². The number of nitrogens with zero attached hydrogens (tertiary/aromatic N) is 6. The molecule has 3 rings (SSSR count). The second-order valence-corrected chi connectivity index (χ2v) is 6.46. The molecule has 134 valence electrons. The second-order valence-electron chi connectivity index (χ2n) is 6.46. The normalized spacial score (nSPS) is 17.6. The highest BCUT2D eigenvalue weighted by Crippen LogP contribution is 2.24. The molecular formula is C17H24N6O2. The Bertz CT molecular complexity index is 785. The number of hydrogen-bond donors (Lipinski definition) is 0. The molecule has 8 nitrogen and oxygen atoms in total. The van der Waals surface area contributed by atoms with Crippen LogP contribution in [0.25, 0.3) is 0 Å². The predicted octanol–water partition coefficient (Wildman–Crippen LogP) is 1.11. The van der Waals surface area contributed by atoms with Crippen molar-refractivity contribution < 1.29 is 9.53 Å². The molecule has 2 aromatic heterocycles. The van der Waals surface area contributed by atoms with Gasteiger partial charge in [-0.25, -0.2) is 9.97 Å². The van der Waals surface area contributed by atoms with E-state index in [2.05, 4.69) is 15.1 Å². The fourth-order valence-corrected chi connectivity index (χ4v) is 3.01. The Morgan fingerprint density at radius 1 is 1.36 bits per heavy atom. The summed E-state index contributed by atoms with van der Waals surface area (Å²) < 4.78 is 7.60. The quantitative estimate of drug-likeness (QED) is 0.830. The Kier molecular flexibility index (Phi) is 4.71. The Labute approximate surface area is 147 Å². The number of carbonyl (C=O) groups is 1. The molecule has 0 bridgehead atoms. The number of anilines is 1. The van der Waals surface area contributed by atoms with Crippen molar-refractivity contribution in [2.45, 2.75) is 20.0 Å². The molecule has 1 aliphatic rings.